The van der Waals surface area contributed by atoms with Gasteiger partial charge in [-0.3, -0.25) is 4.79 Å². The SMILES string of the molecule is Cc1cc(=O)[nH]c(=[SH]Cc2c(Cl)cccc2Cl)[nH]1. The van der Waals surface area contributed by atoms with Crippen LogP contribution in [0.3, 0.4) is 0 Å². The molecule has 0 amide bonds. The van der Waals surface area contributed by atoms with E-state index in [1.165, 1.54) is 6.07 Å². The minimum absolute atomic E-state index is 0.112. The number of rotatable bonds is 2. The number of aryl methyl sites for hydroxylation is 1. The number of halogens is 2. The molecule has 0 saturated carbocycles. The highest BCUT2D eigenvalue weighted by atomic mass is 35.5. The van der Waals surface area contributed by atoms with Gasteiger partial charge in [0.1, 0.15) is 4.77 Å². The summed E-state index contributed by atoms with van der Waals surface area (Å²) < 4.78 is 0.746. The van der Waals surface area contributed by atoms with Crippen LogP contribution in [0.25, 0.3) is 0 Å². The van der Waals surface area contributed by atoms with Crippen molar-refractivity contribution in [1.29, 1.82) is 0 Å². The summed E-state index contributed by atoms with van der Waals surface area (Å²) in [5, 5.41) is 1.29. The largest absolute Gasteiger partial charge is 0.341 e. The predicted molar refractivity (Wildman–Crippen MR) is 78.5 cm³/mol. The second kappa shape index (κ2) is 5.78. The van der Waals surface area contributed by atoms with E-state index in [0.29, 0.717) is 15.8 Å². The Kier molecular flexibility index (Phi) is 4.32. The molecule has 0 aliphatic rings. The summed E-state index contributed by atoms with van der Waals surface area (Å²) in [5.74, 6) is 0.647. The summed E-state index contributed by atoms with van der Waals surface area (Å²) in [7, 11) is 0. The maximum Gasteiger partial charge on any atom is 0.251 e. The first kappa shape index (κ1) is 13.5. The van der Waals surface area contributed by atoms with E-state index in [-0.39, 0.29) is 5.56 Å². The van der Waals surface area contributed by atoms with Gasteiger partial charge in [-0.2, -0.15) is 11.4 Å². The molecule has 2 rings (SSSR count). The normalized spacial score (nSPS) is 12.3. The first-order valence-corrected chi connectivity index (χ1v) is 7.13. The third-order valence-electron chi connectivity index (χ3n) is 2.36. The molecule has 3 nitrogen and oxygen atoms in total. The van der Waals surface area contributed by atoms with Crippen LogP contribution in [0.5, 0.6) is 0 Å². The average molecular weight is 303 g/mol. The van der Waals surface area contributed by atoms with E-state index in [0.717, 1.165) is 27.4 Å². The zero-order valence-electron chi connectivity index (χ0n) is 9.63. The fraction of sp³-hybridized carbons (Fsp3) is 0.167. The molecule has 6 heteroatoms. The van der Waals surface area contributed by atoms with Crippen molar-refractivity contribution in [2.24, 2.45) is 0 Å². The Bertz CT molecular complexity index is 671. The fourth-order valence-corrected chi connectivity index (χ4v) is 3.34. The lowest BCUT2D eigenvalue weighted by atomic mass is 10.2. The molecule has 1 aromatic heterocycles. The van der Waals surface area contributed by atoms with Gasteiger partial charge in [-0.05, 0) is 24.6 Å². The summed E-state index contributed by atoms with van der Waals surface area (Å²) in [6.07, 6.45) is 0. The highest BCUT2D eigenvalue weighted by Gasteiger charge is 2.02. The van der Waals surface area contributed by atoms with Crippen LogP contribution in [0.2, 0.25) is 10.0 Å². The van der Waals surface area contributed by atoms with Crippen molar-refractivity contribution in [3.8, 4) is 0 Å². The molecule has 0 unspecified atom stereocenters. The lowest BCUT2D eigenvalue weighted by Crippen LogP contribution is -2.06. The van der Waals surface area contributed by atoms with Gasteiger partial charge in [0, 0.05) is 27.6 Å². The summed E-state index contributed by atoms with van der Waals surface area (Å²) in [6.45, 7) is 1.84. The van der Waals surface area contributed by atoms with Gasteiger partial charge in [0.25, 0.3) is 5.56 Å². The molecule has 0 aliphatic heterocycles. The minimum Gasteiger partial charge on any atom is -0.341 e. The minimum atomic E-state index is -0.112. The van der Waals surface area contributed by atoms with Gasteiger partial charge < -0.3 is 9.97 Å². The molecule has 2 aromatic rings. The zero-order chi connectivity index (χ0) is 13.1. The number of H-pyrrole nitrogens is 2. The quantitative estimate of drug-likeness (QED) is 0.577. The molecule has 1 aromatic carbocycles. The van der Waals surface area contributed by atoms with Gasteiger partial charge in [-0.25, -0.2) is 0 Å². The Balaban J connectivity index is 2.38. The lowest BCUT2D eigenvalue weighted by Gasteiger charge is -2.03. The summed E-state index contributed by atoms with van der Waals surface area (Å²) in [5.41, 5.74) is 1.60. The molecule has 0 atom stereocenters. The van der Waals surface area contributed by atoms with E-state index >= 15 is 0 Å². The van der Waals surface area contributed by atoms with Crippen molar-refractivity contribution in [2.75, 3.05) is 0 Å². The van der Waals surface area contributed by atoms with Crippen LogP contribution >= 0.6 is 34.6 Å². The van der Waals surface area contributed by atoms with Crippen LogP contribution in [0.4, 0.5) is 0 Å². The van der Waals surface area contributed by atoms with Crippen molar-refractivity contribution in [3.63, 3.8) is 0 Å². The highest BCUT2D eigenvalue weighted by molar-refractivity contribution is 7.90. The van der Waals surface area contributed by atoms with E-state index < -0.39 is 0 Å². The van der Waals surface area contributed by atoms with Crippen molar-refractivity contribution in [2.45, 2.75) is 12.7 Å². The number of hydrogen-bond acceptors (Lipinski definition) is 1. The van der Waals surface area contributed by atoms with E-state index in [4.69, 9.17) is 23.2 Å². The van der Waals surface area contributed by atoms with Gasteiger partial charge in [0.15, 0.2) is 0 Å². The Morgan fingerprint density at radius 1 is 1.22 bits per heavy atom. The number of thiol groups is 1. The molecule has 0 saturated heterocycles. The fourth-order valence-electron chi connectivity index (χ4n) is 1.52. The van der Waals surface area contributed by atoms with Gasteiger partial charge in [0.05, 0.1) is 0 Å². The summed E-state index contributed by atoms with van der Waals surface area (Å²) >= 11 is 13.1. The molecule has 0 radical (unpaired) electrons. The van der Waals surface area contributed by atoms with Gasteiger partial charge in [-0.1, -0.05) is 29.3 Å². The Labute approximate surface area is 118 Å². The van der Waals surface area contributed by atoms with Gasteiger partial charge in [0.2, 0.25) is 0 Å². The zero-order valence-corrected chi connectivity index (χ0v) is 12.0. The van der Waals surface area contributed by atoms with Crippen molar-refractivity contribution >= 4 is 34.6 Å². The maximum atomic E-state index is 11.3. The van der Waals surface area contributed by atoms with E-state index in [1.807, 2.05) is 13.0 Å². The molecule has 2 N–H and O–H groups in total. The monoisotopic (exact) mass is 302 g/mol. The molecule has 96 valence electrons. The van der Waals surface area contributed by atoms with Crippen LogP contribution in [0.1, 0.15) is 11.3 Å². The number of aromatic amines is 2. The van der Waals surface area contributed by atoms with Crippen molar-refractivity contribution < 1.29 is 0 Å². The highest BCUT2D eigenvalue weighted by Crippen LogP contribution is 2.26. The van der Waals surface area contributed by atoms with Crippen molar-refractivity contribution in [1.82, 2.24) is 9.97 Å². The van der Waals surface area contributed by atoms with Crippen LogP contribution in [0.15, 0.2) is 29.1 Å². The molecule has 0 aliphatic carbocycles. The molecule has 0 fully saturated rings. The summed E-state index contributed by atoms with van der Waals surface area (Å²) in [4.78, 5) is 17.2. The van der Waals surface area contributed by atoms with Gasteiger partial charge >= 0.3 is 0 Å². The Morgan fingerprint density at radius 2 is 1.89 bits per heavy atom. The predicted octanol–water partition coefficient (Wildman–Crippen LogP) is 3.52. The first-order valence-electron chi connectivity index (χ1n) is 5.30. The molecular formula is C12H12Cl2N2OS. The van der Waals surface area contributed by atoms with Crippen LogP contribution in [0, 0.1) is 11.7 Å². The molecule has 1 heterocycles. The van der Waals surface area contributed by atoms with Crippen LogP contribution < -0.4 is 5.56 Å². The second-order valence-corrected chi connectivity index (χ2v) is 5.70. The number of hydrogen-bond donors (Lipinski definition) is 3. The van der Waals surface area contributed by atoms with E-state index in [9.17, 15) is 4.79 Å². The van der Waals surface area contributed by atoms with E-state index in [1.54, 1.807) is 12.1 Å². The molecule has 0 spiro atoms. The van der Waals surface area contributed by atoms with E-state index in [2.05, 4.69) is 9.97 Å². The van der Waals surface area contributed by atoms with Crippen LogP contribution in [-0.4, -0.2) is 9.97 Å². The molecular weight excluding hydrogens is 291 g/mol. The molecule has 0 bridgehead atoms. The number of benzene rings is 1. The van der Waals surface area contributed by atoms with Crippen molar-refractivity contribution in [3.05, 3.63) is 60.7 Å². The lowest BCUT2D eigenvalue weighted by molar-refractivity contribution is 1.04. The standard InChI is InChI=1S/C12H12Cl2N2OS/c1-7-5-11(17)16-12(15-7)18-6-8-9(13)3-2-4-10(8)14/h2-5,15,18H,6H2,1H3,(H,16,17). The first-order chi connectivity index (χ1) is 8.56. The number of aromatic nitrogens is 2. The average Bonchev–Trinajstić information content (AvgIpc) is 2.27. The smallest absolute Gasteiger partial charge is 0.251 e. The topological polar surface area (TPSA) is 48.6 Å². The third-order valence-corrected chi connectivity index (χ3v) is 4.08. The van der Waals surface area contributed by atoms with Crippen LogP contribution in [-0.2, 0) is 5.75 Å². The van der Waals surface area contributed by atoms with Gasteiger partial charge in [-0.15, -0.1) is 0 Å². The molecule has 18 heavy (non-hydrogen) atoms. The number of nitrogens with one attached hydrogen (secondary N) is 2. The Hall–Kier alpha value is -0.970. The third kappa shape index (κ3) is 3.28. The Morgan fingerprint density at radius 3 is 2.50 bits per heavy atom. The second-order valence-electron chi connectivity index (χ2n) is 3.81. The summed E-state index contributed by atoms with van der Waals surface area (Å²) in [6, 6.07) is 6.94. The maximum absolute atomic E-state index is 11.3.